The van der Waals surface area contributed by atoms with Crippen LogP contribution in [0.5, 0.6) is 5.75 Å². The molecule has 4 rings (SSSR count). The van der Waals surface area contributed by atoms with Crippen LogP contribution in [-0.2, 0) is 33.7 Å². The molecule has 232 valence electrons. The molecule has 0 aliphatic carbocycles. The Morgan fingerprint density at radius 3 is 2.56 bits per heavy atom. The van der Waals surface area contributed by atoms with Crippen molar-refractivity contribution in [3.63, 3.8) is 0 Å². The van der Waals surface area contributed by atoms with E-state index in [9.17, 15) is 14.4 Å². The van der Waals surface area contributed by atoms with Gasteiger partial charge in [-0.2, -0.15) is 4.98 Å². The van der Waals surface area contributed by atoms with Gasteiger partial charge in [0.1, 0.15) is 17.2 Å². The Bertz CT molecular complexity index is 1510. The van der Waals surface area contributed by atoms with Crippen molar-refractivity contribution in [2.75, 3.05) is 23.8 Å². The molecule has 3 heterocycles. The summed E-state index contributed by atoms with van der Waals surface area (Å²) in [6.07, 6.45) is 5.52. The number of fused-ring (bicyclic) bond motifs is 1. The summed E-state index contributed by atoms with van der Waals surface area (Å²) in [5.41, 5.74) is 1.27. The number of anilines is 2. The Balaban J connectivity index is 1.52. The number of amides is 1. The van der Waals surface area contributed by atoms with E-state index < -0.39 is 17.1 Å². The molecule has 1 amide bonds. The fraction of sp³-hybridized carbons (Fsp3) is 0.531. The highest BCUT2D eigenvalue weighted by Gasteiger charge is 2.26. The number of nitrogens with zero attached hydrogens (tertiary/aromatic N) is 4. The van der Waals surface area contributed by atoms with Gasteiger partial charge in [0.05, 0.1) is 19.1 Å². The lowest BCUT2D eigenvalue weighted by Gasteiger charge is -2.23. The quantitative estimate of drug-likeness (QED) is 0.306. The third-order valence-electron chi connectivity index (χ3n) is 6.96. The largest absolute Gasteiger partial charge is 0.493 e. The first-order valence-corrected chi connectivity index (χ1v) is 14.9. The molecular formula is C32H44N6O5. The molecule has 0 radical (unpaired) electrons. The van der Waals surface area contributed by atoms with Crippen molar-refractivity contribution < 1.29 is 19.1 Å². The molecular weight excluding hydrogens is 548 g/mol. The summed E-state index contributed by atoms with van der Waals surface area (Å²) in [7, 11) is 0. The number of hydrogen-bond acceptors (Lipinski definition) is 8. The molecule has 1 atom stereocenters. The van der Waals surface area contributed by atoms with Crippen molar-refractivity contribution in [2.24, 2.45) is 5.41 Å². The normalized spacial score (nSPS) is 13.7. The van der Waals surface area contributed by atoms with Crippen LogP contribution in [0.15, 0.2) is 41.5 Å². The zero-order valence-corrected chi connectivity index (χ0v) is 26.3. The average molecular weight is 593 g/mol. The second kappa shape index (κ2) is 13.0. The monoisotopic (exact) mass is 592 g/mol. The zero-order chi connectivity index (χ0) is 31.4. The van der Waals surface area contributed by atoms with E-state index in [1.807, 2.05) is 66.7 Å². The van der Waals surface area contributed by atoms with Gasteiger partial charge in [-0.25, -0.2) is 9.78 Å². The van der Waals surface area contributed by atoms with Gasteiger partial charge in [-0.1, -0.05) is 32.9 Å². The molecule has 2 aromatic heterocycles. The van der Waals surface area contributed by atoms with E-state index >= 15 is 0 Å². The summed E-state index contributed by atoms with van der Waals surface area (Å²) in [5.74, 6) is 1.15. The number of hydrogen-bond donors (Lipinski definition) is 2. The second-order valence-corrected chi connectivity index (χ2v) is 12.9. The van der Waals surface area contributed by atoms with E-state index in [0.717, 1.165) is 29.0 Å². The summed E-state index contributed by atoms with van der Waals surface area (Å²) in [6, 6.07) is 7.11. The van der Waals surface area contributed by atoms with E-state index in [2.05, 4.69) is 20.6 Å². The van der Waals surface area contributed by atoms with E-state index in [4.69, 9.17) is 9.47 Å². The van der Waals surface area contributed by atoms with Crippen molar-refractivity contribution in [3.05, 3.63) is 64.0 Å². The van der Waals surface area contributed by atoms with Gasteiger partial charge in [-0.15, -0.1) is 0 Å². The number of aryl methyl sites for hydroxylation is 2. The summed E-state index contributed by atoms with van der Waals surface area (Å²) >= 11 is 0. The van der Waals surface area contributed by atoms with Crippen LogP contribution >= 0.6 is 0 Å². The molecule has 0 saturated heterocycles. The van der Waals surface area contributed by atoms with E-state index in [0.29, 0.717) is 44.3 Å². The zero-order valence-electron chi connectivity index (χ0n) is 26.3. The summed E-state index contributed by atoms with van der Waals surface area (Å²) < 4.78 is 14.6. The Morgan fingerprint density at radius 1 is 1.09 bits per heavy atom. The van der Waals surface area contributed by atoms with E-state index in [1.165, 1.54) is 0 Å². The molecule has 3 aromatic rings. The number of rotatable bonds is 11. The van der Waals surface area contributed by atoms with Crippen molar-refractivity contribution in [1.29, 1.82) is 0 Å². The van der Waals surface area contributed by atoms with Crippen molar-refractivity contribution in [3.8, 4) is 5.75 Å². The number of carbonyl (C=O) groups excluding carboxylic acids is 2. The lowest BCUT2D eigenvalue weighted by atomic mass is 9.96. The van der Waals surface area contributed by atoms with Gasteiger partial charge >= 0.3 is 11.7 Å². The Labute approximate surface area is 253 Å². The minimum absolute atomic E-state index is 0.0111. The minimum atomic E-state index is -0.636. The molecule has 2 N–H and O–H groups in total. The number of carbonyl (C=O) groups is 2. The maximum Gasteiger partial charge on any atom is 0.328 e. The molecule has 1 aliphatic rings. The SMILES string of the molecule is CCNc1nc(CCCn2ccn([C@@H](CC(=O)OC(C)(C)C)c3ccc4c(c3)OCC4)c2=O)cc(NC(=O)C(C)(C)C)n1. The van der Waals surface area contributed by atoms with Crippen LogP contribution in [0.2, 0.25) is 0 Å². The van der Waals surface area contributed by atoms with Gasteiger partial charge in [-0.3, -0.25) is 18.7 Å². The minimum Gasteiger partial charge on any atom is -0.493 e. The van der Waals surface area contributed by atoms with Gasteiger partial charge in [0.2, 0.25) is 11.9 Å². The summed E-state index contributed by atoms with van der Waals surface area (Å²) in [6.45, 7) is 14.7. The molecule has 0 saturated carbocycles. The Morgan fingerprint density at radius 2 is 1.86 bits per heavy atom. The number of esters is 1. The molecule has 1 aliphatic heterocycles. The number of imidazole rings is 1. The van der Waals surface area contributed by atoms with Crippen molar-refractivity contribution >= 4 is 23.6 Å². The van der Waals surface area contributed by atoms with Gasteiger partial charge in [0.15, 0.2) is 0 Å². The molecule has 0 spiro atoms. The summed E-state index contributed by atoms with van der Waals surface area (Å²) in [4.78, 5) is 48.0. The van der Waals surface area contributed by atoms with Crippen molar-refractivity contribution in [1.82, 2.24) is 19.1 Å². The Kier molecular flexibility index (Phi) is 9.62. The number of nitrogens with one attached hydrogen (secondary N) is 2. The number of benzene rings is 1. The predicted molar refractivity (Wildman–Crippen MR) is 166 cm³/mol. The van der Waals surface area contributed by atoms with Crippen molar-refractivity contribution in [2.45, 2.75) is 92.3 Å². The lowest BCUT2D eigenvalue weighted by Crippen LogP contribution is -2.31. The Hall–Kier alpha value is -4.15. The second-order valence-electron chi connectivity index (χ2n) is 12.9. The maximum absolute atomic E-state index is 13.6. The maximum atomic E-state index is 13.6. The van der Waals surface area contributed by atoms with Crippen LogP contribution in [0, 0.1) is 5.41 Å². The van der Waals surface area contributed by atoms with Crippen LogP contribution in [0.4, 0.5) is 11.8 Å². The molecule has 0 bridgehead atoms. The first-order chi connectivity index (χ1) is 20.2. The standard InChI is InChI=1S/C32H44N6O5/c1-8-33-29-34-23(19-26(36-29)35-28(40)31(2,3)4)10-9-14-37-15-16-38(30(37)41)24(20-27(39)43-32(5,6)7)22-12-11-21-13-17-42-25(21)18-22/h11-12,15-16,18-19,24H,8-10,13-14,17,20H2,1-7H3,(H2,33,34,35,36,40)/t24-/m0/s1. The third kappa shape index (κ3) is 8.46. The van der Waals surface area contributed by atoms with Crippen LogP contribution in [0.3, 0.4) is 0 Å². The number of ether oxygens (including phenoxy) is 2. The first kappa shape index (κ1) is 31.8. The van der Waals surface area contributed by atoms with Crippen LogP contribution in [0.1, 0.15) is 84.2 Å². The molecule has 1 aromatic carbocycles. The van der Waals surface area contributed by atoms with Gasteiger partial charge in [0.25, 0.3) is 0 Å². The van der Waals surface area contributed by atoms with Crippen LogP contribution in [0.25, 0.3) is 0 Å². The third-order valence-corrected chi connectivity index (χ3v) is 6.96. The van der Waals surface area contributed by atoms with E-state index in [1.54, 1.807) is 27.6 Å². The van der Waals surface area contributed by atoms with Gasteiger partial charge in [-0.05, 0) is 57.7 Å². The van der Waals surface area contributed by atoms with Gasteiger partial charge in [0, 0.05) is 49.1 Å². The molecule has 11 nitrogen and oxygen atoms in total. The average Bonchev–Trinajstić information content (AvgIpc) is 3.52. The fourth-order valence-electron chi connectivity index (χ4n) is 4.80. The molecule has 0 unspecified atom stereocenters. The lowest BCUT2D eigenvalue weighted by molar-refractivity contribution is -0.155. The molecule has 11 heteroatoms. The molecule has 43 heavy (non-hydrogen) atoms. The topological polar surface area (TPSA) is 129 Å². The highest BCUT2D eigenvalue weighted by Crippen LogP contribution is 2.31. The highest BCUT2D eigenvalue weighted by molar-refractivity contribution is 5.93. The number of aromatic nitrogens is 4. The fourth-order valence-corrected chi connectivity index (χ4v) is 4.80. The molecule has 0 fully saturated rings. The summed E-state index contributed by atoms with van der Waals surface area (Å²) in [5, 5.41) is 5.99. The highest BCUT2D eigenvalue weighted by atomic mass is 16.6. The van der Waals surface area contributed by atoms with Crippen LogP contribution in [-0.4, -0.2) is 49.7 Å². The smallest absolute Gasteiger partial charge is 0.328 e. The van der Waals surface area contributed by atoms with Crippen LogP contribution < -0.4 is 21.1 Å². The van der Waals surface area contributed by atoms with E-state index in [-0.39, 0.29) is 24.0 Å². The first-order valence-electron chi connectivity index (χ1n) is 14.9. The predicted octanol–water partition coefficient (Wildman–Crippen LogP) is 4.75. The van der Waals surface area contributed by atoms with Gasteiger partial charge < -0.3 is 20.1 Å².